The highest BCUT2D eigenvalue weighted by molar-refractivity contribution is 5.87. The molecule has 0 aromatic carbocycles. The number of rotatable bonds is 1. The lowest BCUT2D eigenvalue weighted by Gasteiger charge is -2.05. The molecule has 4 nitrogen and oxygen atoms in total. The normalized spacial score (nSPS) is 10.1. The van der Waals surface area contributed by atoms with Crippen LogP contribution >= 0.6 is 0 Å². The Morgan fingerprint density at radius 2 is 2.15 bits per heavy atom. The van der Waals surface area contributed by atoms with Gasteiger partial charge in [-0.15, -0.1) is 0 Å². The summed E-state index contributed by atoms with van der Waals surface area (Å²) in [6.45, 7) is 1.41. The van der Waals surface area contributed by atoms with Crippen molar-refractivity contribution in [3.05, 3.63) is 33.5 Å². The van der Waals surface area contributed by atoms with Crippen molar-refractivity contribution in [3.63, 3.8) is 0 Å². The minimum Gasteiger partial charge on any atom is -0.477 e. The molecule has 0 saturated carbocycles. The van der Waals surface area contributed by atoms with Gasteiger partial charge in [0.1, 0.15) is 11.4 Å². The predicted octanol–water partition coefficient (Wildman–Crippen LogP) is 0.531. The SMILES string of the molecule is Cc1c(F)cc(C(=O)O)c(=O)n1C. The lowest BCUT2D eigenvalue weighted by Crippen LogP contribution is -2.26. The van der Waals surface area contributed by atoms with E-state index in [-0.39, 0.29) is 5.69 Å². The van der Waals surface area contributed by atoms with Crippen LogP contribution in [0.2, 0.25) is 0 Å². The van der Waals surface area contributed by atoms with E-state index in [2.05, 4.69) is 0 Å². The lowest BCUT2D eigenvalue weighted by atomic mass is 10.2. The highest BCUT2D eigenvalue weighted by atomic mass is 19.1. The van der Waals surface area contributed by atoms with Gasteiger partial charge in [-0.1, -0.05) is 0 Å². The van der Waals surface area contributed by atoms with E-state index in [9.17, 15) is 14.0 Å². The minimum absolute atomic E-state index is 0.120. The van der Waals surface area contributed by atoms with Gasteiger partial charge in [-0.05, 0) is 13.0 Å². The van der Waals surface area contributed by atoms with Gasteiger partial charge in [-0.25, -0.2) is 9.18 Å². The predicted molar refractivity (Wildman–Crippen MR) is 43.3 cm³/mol. The number of halogens is 1. The van der Waals surface area contributed by atoms with E-state index < -0.39 is 22.9 Å². The van der Waals surface area contributed by atoms with Gasteiger partial charge in [0.05, 0.1) is 5.69 Å². The van der Waals surface area contributed by atoms with Gasteiger partial charge in [0.2, 0.25) is 0 Å². The maximum absolute atomic E-state index is 13.0. The van der Waals surface area contributed by atoms with Gasteiger partial charge in [-0.3, -0.25) is 4.79 Å². The van der Waals surface area contributed by atoms with E-state index in [1.54, 1.807) is 0 Å². The molecule has 13 heavy (non-hydrogen) atoms. The summed E-state index contributed by atoms with van der Waals surface area (Å²) in [7, 11) is 1.33. The number of carboxylic acid groups (broad SMARTS) is 1. The minimum atomic E-state index is -1.42. The first-order valence-corrected chi connectivity index (χ1v) is 3.54. The van der Waals surface area contributed by atoms with Gasteiger partial charge in [0, 0.05) is 7.05 Å². The number of carbonyl (C=O) groups is 1. The van der Waals surface area contributed by atoms with Crippen LogP contribution in [0.1, 0.15) is 16.1 Å². The van der Waals surface area contributed by atoms with Gasteiger partial charge in [0.25, 0.3) is 5.56 Å². The van der Waals surface area contributed by atoms with Crippen LogP contribution in [0.5, 0.6) is 0 Å². The first-order chi connectivity index (χ1) is 5.95. The van der Waals surface area contributed by atoms with Crippen molar-refractivity contribution >= 4 is 5.97 Å². The number of nitrogens with zero attached hydrogens (tertiary/aromatic N) is 1. The molecule has 1 N–H and O–H groups in total. The maximum atomic E-state index is 13.0. The van der Waals surface area contributed by atoms with Crippen LogP contribution in [0.15, 0.2) is 10.9 Å². The quantitative estimate of drug-likeness (QED) is 0.694. The summed E-state index contributed by atoms with van der Waals surface area (Å²) in [5.41, 5.74) is -1.13. The van der Waals surface area contributed by atoms with Crippen molar-refractivity contribution in [2.45, 2.75) is 6.92 Å². The van der Waals surface area contributed by atoms with Crippen LogP contribution in [-0.4, -0.2) is 15.6 Å². The van der Waals surface area contributed by atoms with Gasteiger partial charge < -0.3 is 9.67 Å². The molecule has 0 spiro atoms. The summed E-state index contributed by atoms with van der Waals surface area (Å²) in [4.78, 5) is 21.7. The molecule has 0 aliphatic rings. The number of hydrogen-bond donors (Lipinski definition) is 1. The molecule has 1 heterocycles. The topological polar surface area (TPSA) is 59.3 Å². The van der Waals surface area contributed by atoms with Crippen molar-refractivity contribution in [1.29, 1.82) is 0 Å². The summed E-state index contributed by atoms with van der Waals surface area (Å²) in [6.07, 6.45) is 0. The zero-order valence-electron chi connectivity index (χ0n) is 7.17. The van der Waals surface area contributed by atoms with E-state index >= 15 is 0 Å². The highest BCUT2D eigenvalue weighted by Gasteiger charge is 2.14. The Morgan fingerprint density at radius 1 is 1.62 bits per heavy atom. The third kappa shape index (κ3) is 1.44. The molecule has 5 heteroatoms. The molecule has 0 aliphatic heterocycles. The number of aromatic nitrogens is 1. The fourth-order valence-corrected chi connectivity index (χ4v) is 0.939. The van der Waals surface area contributed by atoms with Gasteiger partial charge >= 0.3 is 5.97 Å². The molecule has 70 valence electrons. The summed E-state index contributed by atoms with van der Waals surface area (Å²) >= 11 is 0. The monoisotopic (exact) mass is 185 g/mol. The first kappa shape index (κ1) is 9.44. The molecule has 0 aliphatic carbocycles. The molecular weight excluding hydrogens is 177 g/mol. The summed E-state index contributed by atoms with van der Waals surface area (Å²) in [5.74, 6) is -2.11. The Kier molecular flexibility index (Phi) is 2.18. The fraction of sp³-hybridized carbons (Fsp3) is 0.250. The zero-order valence-corrected chi connectivity index (χ0v) is 7.17. The smallest absolute Gasteiger partial charge is 0.341 e. The second-order valence-electron chi connectivity index (χ2n) is 2.66. The Bertz CT molecular complexity index is 422. The lowest BCUT2D eigenvalue weighted by molar-refractivity contribution is 0.0693. The molecule has 0 atom stereocenters. The summed E-state index contributed by atoms with van der Waals surface area (Å²) < 4.78 is 13.9. The molecule has 0 saturated heterocycles. The molecule has 0 amide bonds. The maximum Gasteiger partial charge on any atom is 0.341 e. The molecule has 0 bridgehead atoms. The Hall–Kier alpha value is -1.65. The van der Waals surface area contributed by atoms with E-state index in [1.165, 1.54) is 14.0 Å². The van der Waals surface area contributed by atoms with Crippen LogP contribution in [-0.2, 0) is 7.05 Å². The second-order valence-corrected chi connectivity index (χ2v) is 2.66. The van der Waals surface area contributed by atoms with Gasteiger partial charge in [0.15, 0.2) is 0 Å². The molecule has 0 unspecified atom stereocenters. The van der Waals surface area contributed by atoms with Crippen molar-refractivity contribution in [2.75, 3.05) is 0 Å². The Labute approximate surface area is 73.2 Å². The Balaban J connectivity index is 3.60. The van der Waals surface area contributed by atoms with Crippen LogP contribution in [0.3, 0.4) is 0 Å². The molecule has 1 rings (SSSR count). The molecule has 1 aromatic rings. The zero-order chi connectivity index (χ0) is 10.2. The number of hydrogen-bond acceptors (Lipinski definition) is 2. The van der Waals surface area contributed by atoms with Crippen molar-refractivity contribution in [2.24, 2.45) is 7.05 Å². The van der Waals surface area contributed by atoms with Crippen molar-refractivity contribution in [3.8, 4) is 0 Å². The average Bonchev–Trinajstić information content (AvgIpc) is 2.07. The highest BCUT2D eigenvalue weighted by Crippen LogP contribution is 2.04. The van der Waals surface area contributed by atoms with Crippen LogP contribution in [0.4, 0.5) is 4.39 Å². The number of pyridine rings is 1. The first-order valence-electron chi connectivity index (χ1n) is 3.54. The number of carboxylic acids is 1. The van der Waals surface area contributed by atoms with E-state index in [0.717, 1.165) is 10.6 Å². The Morgan fingerprint density at radius 3 is 2.62 bits per heavy atom. The largest absolute Gasteiger partial charge is 0.477 e. The van der Waals surface area contributed by atoms with Crippen LogP contribution in [0, 0.1) is 12.7 Å². The van der Waals surface area contributed by atoms with Gasteiger partial charge in [-0.2, -0.15) is 0 Å². The van der Waals surface area contributed by atoms with E-state index in [4.69, 9.17) is 5.11 Å². The third-order valence-electron chi connectivity index (χ3n) is 1.89. The molecule has 1 aromatic heterocycles. The molecule has 0 radical (unpaired) electrons. The summed E-state index contributed by atoms with van der Waals surface area (Å²) in [5, 5.41) is 8.53. The van der Waals surface area contributed by atoms with E-state index in [1.807, 2.05) is 0 Å². The fourth-order valence-electron chi connectivity index (χ4n) is 0.939. The molecule has 0 fully saturated rings. The van der Waals surface area contributed by atoms with Crippen molar-refractivity contribution < 1.29 is 14.3 Å². The summed E-state index contributed by atoms with van der Waals surface area (Å²) in [6, 6.07) is 0.736. The third-order valence-corrected chi connectivity index (χ3v) is 1.89. The number of aromatic carboxylic acids is 1. The van der Waals surface area contributed by atoms with Crippen molar-refractivity contribution in [1.82, 2.24) is 4.57 Å². The van der Waals surface area contributed by atoms with Crippen LogP contribution < -0.4 is 5.56 Å². The second kappa shape index (κ2) is 3.01. The van der Waals surface area contributed by atoms with Crippen LogP contribution in [0.25, 0.3) is 0 Å². The standard InChI is InChI=1S/C8H8FNO3/c1-4-6(9)3-5(8(12)13)7(11)10(4)2/h3H,1-2H3,(H,12,13). The molecular formula is C8H8FNO3. The average molecular weight is 185 g/mol. The van der Waals surface area contributed by atoms with E-state index in [0.29, 0.717) is 0 Å².